The van der Waals surface area contributed by atoms with Crippen molar-refractivity contribution in [1.82, 2.24) is 10.2 Å². The summed E-state index contributed by atoms with van der Waals surface area (Å²) in [5, 5.41) is 11.7. The fourth-order valence-corrected chi connectivity index (χ4v) is 6.31. The van der Waals surface area contributed by atoms with Crippen LogP contribution in [-0.4, -0.2) is 35.9 Å². The van der Waals surface area contributed by atoms with E-state index in [0.29, 0.717) is 12.0 Å². The number of hydrogen-bond acceptors (Lipinski definition) is 3. The first kappa shape index (κ1) is 23.6. The van der Waals surface area contributed by atoms with Crippen LogP contribution in [0.15, 0.2) is 0 Å². The minimum Gasteiger partial charge on any atom is -0.370 e. The lowest BCUT2D eigenvalue weighted by Crippen LogP contribution is -2.44. The van der Waals surface area contributed by atoms with Crippen LogP contribution >= 0.6 is 0 Å². The number of nitrogens with zero attached hydrogens (tertiary/aromatic N) is 1. The molecule has 5 heteroatoms. The van der Waals surface area contributed by atoms with Gasteiger partial charge in [0, 0.05) is 25.0 Å². The molecular formula is C25H46N4O. The molecule has 3 aliphatic carbocycles. The van der Waals surface area contributed by atoms with Gasteiger partial charge >= 0.3 is 0 Å². The summed E-state index contributed by atoms with van der Waals surface area (Å²) in [6.45, 7) is 0. The molecule has 0 saturated heterocycles. The molecule has 30 heavy (non-hydrogen) atoms. The van der Waals surface area contributed by atoms with Crippen LogP contribution in [0.2, 0.25) is 0 Å². The van der Waals surface area contributed by atoms with Gasteiger partial charge in [-0.1, -0.05) is 64.2 Å². The second kappa shape index (κ2) is 12.1. The fourth-order valence-electron chi connectivity index (χ4n) is 6.31. The molecule has 0 bridgehead atoms. The summed E-state index contributed by atoms with van der Waals surface area (Å²) in [7, 11) is 1.67. The number of nitrogens with two attached hydrogens (primary N) is 1. The van der Waals surface area contributed by atoms with Crippen LogP contribution in [-0.2, 0) is 4.79 Å². The van der Waals surface area contributed by atoms with Gasteiger partial charge in [0.2, 0.25) is 5.91 Å². The minimum atomic E-state index is -0.122. The summed E-state index contributed by atoms with van der Waals surface area (Å²) in [6.07, 6.45) is 21.7. The van der Waals surface area contributed by atoms with Crippen LogP contribution in [0.25, 0.3) is 0 Å². The third-order valence-corrected chi connectivity index (χ3v) is 8.17. The van der Waals surface area contributed by atoms with E-state index in [1.54, 1.807) is 7.05 Å². The molecule has 0 aromatic rings. The molecule has 0 radical (unpaired) electrons. The van der Waals surface area contributed by atoms with Crippen molar-refractivity contribution in [2.24, 2.45) is 23.5 Å². The Labute approximate surface area is 184 Å². The number of guanidine groups is 1. The largest absolute Gasteiger partial charge is 0.370 e. The Morgan fingerprint density at radius 3 is 2.20 bits per heavy atom. The van der Waals surface area contributed by atoms with Gasteiger partial charge in [0.15, 0.2) is 5.96 Å². The van der Waals surface area contributed by atoms with Gasteiger partial charge in [-0.05, 0) is 56.8 Å². The van der Waals surface area contributed by atoms with Gasteiger partial charge in [0.25, 0.3) is 0 Å². The number of carbonyl (C=O) groups excluding carboxylic acids is 1. The number of rotatable bonds is 8. The maximum Gasteiger partial charge on any atom is 0.232 e. The van der Waals surface area contributed by atoms with E-state index in [1.165, 1.54) is 101 Å². The molecule has 3 fully saturated rings. The van der Waals surface area contributed by atoms with Gasteiger partial charge in [-0.15, -0.1) is 0 Å². The molecule has 0 aromatic carbocycles. The van der Waals surface area contributed by atoms with Gasteiger partial charge < -0.3 is 11.1 Å². The Morgan fingerprint density at radius 1 is 0.933 bits per heavy atom. The zero-order valence-electron chi connectivity index (χ0n) is 19.3. The number of nitrogens with one attached hydrogen (secondary N) is 2. The first-order valence-electron chi connectivity index (χ1n) is 12.9. The maximum absolute atomic E-state index is 13.1. The maximum atomic E-state index is 13.1. The van der Waals surface area contributed by atoms with Crippen molar-refractivity contribution in [2.45, 2.75) is 121 Å². The monoisotopic (exact) mass is 418 g/mol. The first-order valence-corrected chi connectivity index (χ1v) is 12.9. The molecule has 0 aliphatic heterocycles. The normalized spacial score (nSPS) is 27.5. The van der Waals surface area contributed by atoms with Crippen molar-refractivity contribution in [2.75, 3.05) is 7.05 Å². The van der Waals surface area contributed by atoms with E-state index in [1.807, 2.05) is 0 Å². The molecule has 0 spiro atoms. The molecular weight excluding hydrogens is 372 g/mol. The Bertz CT molecular complexity index is 539. The summed E-state index contributed by atoms with van der Waals surface area (Å²) in [4.78, 5) is 14.5. The first-order chi connectivity index (χ1) is 14.5. The third kappa shape index (κ3) is 7.25. The Balaban J connectivity index is 1.54. The molecule has 5 nitrogen and oxygen atoms in total. The van der Waals surface area contributed by atoms with Gasteiger partial charge in [0.1, 0.15) is 0 Å². The highest BCUT2D eigenvalue weighted by Crippen LogP contribution is 2.35. The molecule has 3 rings (SSSR count). The third-order valence-electron chi connectivity index (χ3n) is 8.17. The zero-order valence-corrected chi connectivity index (χ0v) is 19.3. The molecule has 3 atom stereocenters. The average Bonchev–Trinajstić information content (AvgIpc) is 2.77. The summed E-state index contributed by atoms with van der Waals surface area (Å²) in [5.41, 5.74) is 5.65. The standard InChI is InChI=1S/C25H46N4O/c1-29(25(26)27)24(30)21(16-15-19-9-4-2-5-10-19)17-20-11-8-14-23(18-20)28-22-12-6-3-7-13-22/h19-23,28H,2-18H2,1H3,(H3,26,27)/t20-,21+,23+/m1/s1. The molecule has 3 aliphatic rings. The van der Waals surface area contributed by atoms with Crippen molar-refractivity contribution < 1.29 is 4.79 Å². The van der Waals surface area contributed by atoms with Crippen molar-refractivity contribution in [1.29, 1.82) is 5.41 Å². The van der Waals surface area contributed by atoms with E-state index in [4.69, 9.17) is 11.1 Å². The summed E-state index contributed by atoms with van der Waals surface area (Å²) < 4.78 is 0. The quantitative estimate of drug-likeness (QED) is 0.375. The number of carbonyl (C=O) groups is 1. The summed E-state index contributed by atoms with van der Waals surface area (Å²) in [6, 6.07) is 1.35. The van der Waals surface area contributed by atoms with Crippen LogP contribution in [0.5, 0.6) is 0 Å². The highest BCUT2D eigenvalue weighted by molar-refractivity contribution is 5.95. The molecule has 0 aromatic heterocycles. The molecule has 0 heterocycles. The minimum absolute atomic E-state index is 0.0271. The fraction of sp³-hybridized carbons (Fsp3) is 0.920. The van der Waals surface area contributed by atoms with Crippen molar-refractivity contribution in [3.63, 3.8) is 0 Å². The highest BCUT2D eigenvalue weighted by Gasteiger charge is 2.31. The lowest BCUT2D eigenvalue weighted by Gasteiger charge is -2.36. The second-order valence-corrected chi connectivity index (χ2v) is 10.5. The SMILES string of the molecule is CN(C(=N)N)C(=O)[C@@H](CCC1CCCCC1)C[C@H]1CCC[C@H](NC2CCCCC2)C1. The zero-order chi connectivity index (χ0) is 21.3. The molecule has 4 N–H and O–H groups in total. The van der Waals surface area contributed by atoms with E-state index in [0.717, 1.165) is 24.8 Å². The topological polar surface area (TPSA) is 82.2 Å². The molecule has 172 valence electrons. The Hall–Kier alpha value is -1.10. The van der Waals surface area contributed by atoms with Crippen LogP contribution in [0, 0.1) is 23.2 Å². The van der Waals surface area contributed by atoms with Crippen molar-refractivity contribution in [3.05, 3.63) is 0 Å². The molecule has 1 amide bonds. The summed E-state index contributed by atoms with van der Waals surface area (Å²) in [5.74, 6) is 1.40. The second-order valence-electron chi connectivity index (χ2n) is 10.5. The van der Waals surface area contributed by atoms with E-state index < -0.39 is 0 Å². The van der Waals surface area contributed by atoms with Crippen LogP contribution in [0.1, 0.15) is 109 Å². The van der Waals surface area contributed by atoms with E-state index >= 15 is 0 Å². The predicted molar refractivity (Wildman–Crippen MR) is 124 cm³/mol. The highest BCUT2D eigenvalue weighted by atomic mass is 16.2. The van der Waals surface area contributed by atoms with Crippen LogP contribution in [0.4, 0.5) is 0 Å². The number of hydrogen-bond donors (Lipinski definition) is 3. The lowest BCUT2D eigenvalue weighted by atomic mass is 9.77. The predicted octanol–water partition coefficient (Wildman–Crippen LogP) is 5.19. The molecule has 3 saturated carbocycles. The lowest BCUT2D eigenvalue weighted by molar-refractivity contribution is -0.131. The van der Waals surface area contributed by atoms with Crippen molar-refractivity contribution in [3.8, 4) is 0 Å². The van der Waals surface area contributed by atoms with Crippen LogP contribution < -0.4 is 11.1 Å². The number of amides is 1. The van der Waals surface area contributed by atoms with Gasteiger partial charge in [-0.2, -0.15) is 0 Å². The smallest absolute Gasteiger partial charge is 0.232 e. The van der Waals surface area contributed by atoms with Gasteiger partial charge in [0.05, 0.1) is 0 Å². The Kier molecular flexibility index (Phi) is 9.48. The van der Waals surface area contributed by atoms with Gasteiger partial charge in [-0.3, -0.25) is 15.1 Å². The summed E-state index contributed by atoms with van der Waals surface area (Å²) >= 11 is 0. The van der Waals surface area contributed by atoms with Gasteiger partial charge in [-0.25, -0.2) is 0 Å². The van der Waals surface area contributed by atoms with Crippen LogP contribution in [0.3, 0.4) is 0 Å². The van der Waals surface area contributed by atoms with E-state index in [2.05, 4.69) is 5.32 Å². The molecule has 0 unspecified atom stereocenters. The Morgan fingerprint density at radius 2 is 1.53 bits per heavy atom. The van der Waals surface area contributed by atoms with Crippen molar-refractivity contribution >= 4 is 11.9 Å². The average molecular weight is 419 g/mol. The van der Waals surface area contributed by atoms with E-state index in [9.17, 15) is 4.79 Å². The van der Waals surface area contributed by atoms with E-state index in [-0.39, 0.29) is 17.8 Å².